The molecule has 1 nitrogen and oxygen atoms in total. The number of benzene rings is 2. The predicted octanol–water partition coefficient (Wildman–Crippen LogP) is 3.83. The van der Waals surface area contributed by atoms with E-state index in [0.717, 1.165) is 11.1 Å². The highest BCUT2D eigenvalue weighted by atomic mass is 19.1. The van der Waals surface area contributed by atoms with Gasteiger partial charge in [0, 0.05) is 12.1 Å². The van der Waals surface area contributed by atoms with Crippen LogP contribution in [0.3, 0.4) is 0 Å². The monoisotopic (exact) mass is 243 g/mol. The fourth-order valence-electron chi connectivity index (χ4n) is 2.02. The Bertz CT molecular complexity index is 561. The van der Waals surface area contributed by atoms with Gasteiger partial charge in [-0.05, 0) is 49.2 Å². The van der Waals surface area contributed by atoms with Crippen molar-refractivity contribution in [2.24, 2.45) is 0 Å². The minimum Gasteiger partial charge on any atom is -0.316 e. The highest BCUT2D eigenvalue weighted by Gasteiger charge is 2.06. The van der Waals surface area contributed by atoms with Crippen molar-refractivity contribution >= 4 is 0 Å². The molecular formula is C16H18FN. The van der Waals surface area contributed by atoms with Gasteiger partial charge in [-0.25, -0.2) is 4.39 Å². The molecule has 0 heterocycles. The molecule has 0 saturated heterocycles. The lowest BCUT2D eigenvalue weighted by molar-refractivity contribution is 0.627. The van der Waals surface area contributed by atoms with Gasteiger partial charge in [-0.3, -0.25) is 0 Å². The average Bonchev–Trinajstić information content (AvgIpc) is 2.34. The molecule has 1 N–H and O–H groups in total. The zero-order chi connectivity index (χ0) is 13.1. The lowest BCUT2D eigenvalue weighted by Gasteiger charge is -2.08. The maximum atomic E-state index is 14.1. The third kappa shape index (κ3) is 2.59. The number of aryl methyl sites for hydroxylation is 2. The molecule has 0 radical (unpaired) electrons. The Morgan fingerprint density at radius 3 is 2.39 bits per heavy atom. The largest absolute Gasteiger partial charge is 0.316 e. The summed E-state index contributed by atoms with van der Waals surface area (Å²) in [5.41, 5.74) is 4.98. The molecule has 2 rings (SSSR count). The van der Waals surface area contributed by atoms with Crippen molar-refractivity contribution < 1.29 is 4.39 Å². The molecule has 0 amide bonds. The minimum absolute atomic E-state index is 0.161. The minimum atomic E-state index is -0.161. The fourth-order valence-corrected chi connectivity index (χ4v) is 2.02. The molecule has 0 aromatic heterocycles. The number of hydrogen-bond donors (Lipinski definition) is 1. The highest BCUT2D eigenvalue weighted by molar-refractivity contribution is 5.65. The van der Waals surface area contributed by atoms with Gasteiger partial charge in [-0.15, -0.1) is 0 Å². The predicted molar refractivity (Wildman–Crippen MR) is 74.1 cm³/mol. The first kappa shape index (κ1) is 12.8. The molecular weight excluding hydrogens is 225 g/mol. The first-order chi connectivity index (χ1) is 8.61. The van der Waals surface area contributed by atoms with E-state index in [1.165, 1.54) is 11.1 Å². The second kappa shape index (κ2) is 5.32. The summed E-state index contributed by atoms with van der Waals surface area (Å²) in [7, 11) is 1.86. The van der Waals surface area contributed by atoms with Gasteiger partial charge in [-0.2, -0.15) is 0 Å². The summed E-state index contributed by atoms with van der Waals surface area (Å²) in [5, 5.41) is 3.02. The lowest BCUT2D eigenvalue weighted by Crippen LogP contribution is -2.05. The van der Waals surface area contributed by atoms with Crippen LogP contribution in [0.1, 0.15) is 16.7 Å². The fraction of sp³-hybridized carbons (Fsp3) is 0.250. The van der Waals surface area contributed by atoms with Crippen LogP contribution in [0.25, 0.3) is 11.1 Å². The van der Waals surface area contributed by atoms with Gasteiger partial charge in [-0.1, -0.05) is 30.3 Å². The Kier molecular flexibility index (Phi) is 3.78. The third-order valence-corrected chi connectivity index (χ3v) is 3.23. The topological polar surface area (TPSA) is 12.0 Å². The van der Waals surface area contributed by atoms with Crippen LogP contribution in [0.4, 0.5) is 4.39 Å². The maximum Gasteiger partial charge on any atom is 0.131 e. The summed E-state index contributed by atoms with van der Waals surface area (Å²) in [4.78, 5) is 0. The van der Waals surface area contributed by atoms with Gasteiger partial charge in [0.15, 0.2) is 0 Å². The van der Waals surface area contributed by atoms with Crippen LogP contribution < -0.4 is 5.32 Å². The van der Waals surface area contributed by atoms with Gasteiger partial charge in [0.2, 0.25) is 0 Å². The van der Waals surface area contributed by atoms with Crippen LogP contribution in [-0.2, 0) is 6.54 Å². The smallest absolute Gasteiger partial charge is 0.131 e. The maximum absolute atomic E-state index is 14.1. The molecule has 0 unspecified atom stereocenters. The second-order valence-electron chi connectivity index (χ2n) is 4.64. The number of hydrogen-bond acceptors (Lipinski definition) is 1. The number of nitrogens with one attached hydrogen (secondary N) is 1. The van der Waals surface area contributed by atoms with Crippen LogP contribution in [0.15, 0.2) is 36.4 Å². The summed E-state index contributed by atoms with van der Waals surface area (Å²) in [6.45, 7) is 4.79. The Hall–Kier alpha value is -1.67. The molecule has 0 spiro atoms. The Balaban J connectivity index is 2.41. The second-order valence-corrected chi connectivity index (χ2v) is 4.64. The van der Waals surface area contributed by atoms with E-state index in [1.54, 1.807) is 6.07 Å². The highest BCUT2D eigenvalue weighted by Crippen LogP contribution is 2.25. The van der Waals surface area contributed by atoms with Gasteiger partial charge in [0.25, 0.3) is 0 Å². The van der Waals surface area contributed by atoms with Gasteiger partial charge >= 0.3 is 0 Å². The van der Waals surface area contributed by atoms with Crippen molar-refractivity contribution in [3.63, 3.8) is 0 Å². The molecule has 0 aliphatic rings. The summed E-state index contributed by atoms with van der Waals surface area (Å²) in [6.07, 6.45) is 0. The van der Waals surface area contributed by atoms with Crippen molar-refractivity contribution in [3.05, 3.63) is 58.9 Å². The average molecular weight is 243 g/mol. The summed E-state index contributed by atoms with van der Waals surface area (Å²) >= 11 is 0. The quantitative estimate of drug-likeness (QED) is 0.864. The zero-order valence-corrected chi connectivity index (χ0v) is 11.0. The normalized spacial score (nSPS) is 10.7. The molecule has 0 saturated carbocycles. The summed E-state index contributed by atoms with van der Waals surface area (Å²) < 4.78 is 14.1. The molecule has 0 bridgehead atoms. The molecule has 2 aromatic rings. The molecule has 2 aromatic carbocycles. The summed E-state index contributed by atoms with van der Waals surface area (Å²) in [6, 6.07) is 11.5. The zero-order valence-electron chi connectivity index (χ0n) is 11.0. The Morgan fingerprint density at radius 2 is 1.78 bits per heavy atom. The van der Waals surface area contributed by atoms with E-state index in [-0.39, 0.29) is 5.82 Å². The Labute approximate surface area is 108 Å². The van der Waals surface area contributed by atoms with Crippen molar-refractivity contribution in [2.45, 2.75) is 20.4 Å². The third-order valence-electron chi connectivity index (χ3n) is 3.23. The Morgan fingerprint density at radius 1 is 1.00 bits per heavy atom. The van der Waals surface area contributed by atoms with Gasteiger partial charge < -0.3 is 5.32 Å². The number of rotatable bonds is 3. The van der Waals surface area contributed by atoms with Crippen molar-refractivity contribution in [2.75, 3.05) is 7.05 Å². The van der Waals surface area contributed by atoms with E-state index in [1.807, 2.05) is 44.3 Å². The standard InChI is InChI=1S/C16H18FN/c1-11-4-6-14(8-12(11)2)15-7-5-13(10-18-3)9-16(15)17/h4-9,18H,10H2,1-3H3. The van der Waals surface area contributed by atoms with E-state index in [2.05, 4.69) is 12.2 Å². The first-order valence-corrected chi connectivity index (χ1v) is 6.12. The molecule has 0 fully saturated rings. The van der Waals surface area contributed by atoms with Crippen LogP contribution in [0, 0.1) is 19.7 Å². The number of halogens is 1. The molecule has 2 heteroatoms. The van der Waals surface area contributed by atoms with Gasteiger partial charge in [0.05, 0.1) is 0 Å². The van der Waals surface area contributed by atoms with E-state index in [9.17, 15) is 4.39 Å². The van der Waals surface area contributed by atoms with Crippen LogP contribution >= 0.6 is 0 Å². The van der Waals surface area contributed by atoms with Crippen LogP contribution in [0.2, 0.25) is 0 Å². The molecule has 0 atom stereocenters. The summed E-state index contributed by atoms with van der Waals surface area (Å²) in [5.74, 6) is -0.161. The molecule has 94 valence electrons. The first-order valence-electron chi connectivity index (χ1n) is 6.12. The van der Waals surface area contributed by atoms with Gasteiger partial charge in [0.1, 0.15) is 5.82 Å². The van der Waals surface area contributed by atoms with E-state index in [4.69, 9.17) is 0 Å². The van der Waals surface area contributed by atoms with E-state index < -0.39 is 0 Å². The molecule has 0 aliphatic heterocycles. The van der Waals surface area contributed by atoms with Crippen molar-refractivity contribution in [1.29, 1.82) is 0 Å². The SMILES string of the molecule is CNCc1ccc(-c2ccc(C)c(C)c2)c(F)c1. The van der Waals surface area contributed by atoms with E-state index >= 15 is 0 Å². The van der Waals surface area contributed by atoms with Crippen molar-refractivity contribution in [1.82, 2.24) is 5.32 Å². The van der Waals surface area contributed by atoms with Crippen LogP contribution in [0.5, 0.6) is 0 Å². The lowest BCUT2D eigenvalue weighted by atomic mass is 9.99. The molecule has 18 heavy (non-hydrogen) atoms. The molecule has 0 aliphatic carbocycles. The van der Waals surface area contributed by atoms with E-state index in [0.29, 0.717) is 12.1 Å². The van der Waals surface area contributed by atoms with Crippen molar-refractivity contribution in [3.8, 4) is 11.1 Å². The van der Waals surface area contributed by atoms with Crippen LogP contribution in [-0.4, -0.2) is 7.05 Å².